The second-order valence-electron chi connectivity index (χ2n) is 3.87. The molecular weight excluding hydrogens is 308 g/mol. The van der Waals surface area contributed by atoms with E-state index in [1.165, 1.54) is 6.07 Å². The summed E-state index contributed by atoms with van der Waals surface area (Å²) in [6, 6.07) is 8.39. The summed E-state index contributed by atoms with van der Waals surface area (Å²) in [6.07, 6.45) is 0. The van der Waals surface area contributed by atoms with Crippen molar-refractivity contribution in [2.75, 3.05) is 0 Å². The van der Waals surface area contributed by atoms with Gasteiger partial charge in [0.25, 0.3) is 0 Å². The second-order valence-corrected chi connectivity index (χ2v) is 4.66. The molecule has 0 fully saturated rings. The normalized spacial score (nSPS) is 10.3. The highest BCUT2D eigenvalue weighted by molar-refractivity contribution is 6.42. The monoisotopic (exact) mass is 315 g/mol. The summed E-state index contributed by atoms with van der Waals surface area (Å²) in [5.41, 5.74) is 0.0380. The van der Waals surface area contributed by atoms with Crippen molar-refractivity contribution >= 4 is 28.9 Å². The molecule has 0 aliphatic carbocycles. The predicted molar refractivity (Wildman–Crippen MR) is 73.8 cm³/mol. The molecule has 0 amide bonds. The highest BCUT2D eigenvalue weighted by Gasteiger charge is 2.14. The minimum Gasteiger partial charge on any atom is -0.489 e. The van der Waals surface area contributed by atoms with Crippen molar-refractivity contribution in [1.29, 1.82) is 0 Å². The summed E-state index contributed by atoms with van der Waals surface area (Å²) in [5.74, 6) is -0.783. The Bertz CT molecular complexity index is 664. The Balaban J connectivity index is 2.13. The quantitative estimate of drug-likeness (QED) is 0.611. The van der Waals surface area contributed by atoms with E-state index in [0.717, 1.165) is 12.1 Å². The topological polar surface area (TPSA) is 52.4 Å². The van der Waals surface area contributed by atoms with Crippen molar-refractivity contribution in [2.24, 2.45) is 0 Å². The van der Waals surface area contributed by atoms with Crippen molar-refractivity contribution < 1.29 is 14.1 Å². The van der Waals surface area contributed by atoms with Gasteiger partial charge in [0.05, 0.1) is 15.0 Å². The SMILES string of the molecule is O=[N+]([O-])c1ccc(OCc2cccc(Cl)c2Cl)cc1F. The van der Waals surface area contributed by atoms with Crippen LogP contribution in [0.3, 0.4) is 0 Å². The molecule has 104 valence electrons. The number of benzene rings is 2. The summed E-state index contributed by atoms with van der Waals surface area (Å²) >= 11 is 11.8. The molecule has 0 atom stereocenters. The Labute approximate surface area is 123 Å². The third kappa shape index (κ3) is 3.18. The number of ether oxygens (including phenoxy) is 1. The molecule has 7 heteroatoms. The summed E-state index contributed by atoms with van der Waals surface area (Å²) in [5, 5.41) is 11.2. The van der Waals surface area contributed by atoms with Crippen LogP contribution in [0, 0.1) is 15.9 Å². The Kier molecular flexibility index (Phi) is 4.42. The van der Waals surface area contributed by atoms with Gasteiger partial charge in [0.15, 0.2) is 0 Å². The van der Waals surface area contributed by atoms with E-state index < -0.39 is 16.4 Å². The van der Waals surface area contributed by atoms with Crippen LogP contribution in [0.15, 0.2) is 36.4 Å². The van der Waals surface area contributed by atoms with Crippen LogP contribution in [0.4, 0.5) is 10.1 Å². The number of rotatable bonds is 4. The van der Waals surface area contributed by atoms with E-state index in [0.29, 0.717) is 15.6 Å². The van der Waals surface area contributed by atoms with E-state index >= 15 is 0 Å². The number of hydrogen-bond donors (Lipinski definition) is 0. The maximum absolute atomic E-state index is 13.4. The van der Waals surface area contributed by atoms with Gasteiger partial charge in [0.1, 0.15) is 12.4 Å². The van der Waals surface area contributed by atoms with Crippen LogP contribution in [0.5, 0.6) is 5.75 Å². The zero-order valence-corrected chi connectivity index (χ0v) is 11.5. The summed E-state index contributed by atoms with van der Waals surface area (Å²) < 4.78 is 18.7. The molecule has 0 heterocycles. The third-order valence-electron chi connectivity index (χ3n) is 2.54. The average Bonchev–Trinajstić information content (AvgIpc) is 2.40. The van der Waals surface area contributed by atoms with Gasteiger partial charge in [-0.25, -0.2) is 0 Å². The fraction of sp³-hybridized carbons (Fsp3) is 0.0769. The smallest absolute Gasteiger partial charge is 0.305 e. The van der Waals surface area contributed by atoms with Gasteiger partial charge in [-0.15, -0.1) is 0 Å². The lowest BCUT2D eigenvalue weighted by molar-refractivity contribution is -0.387. The third-order valence-corrected chi connectivity index (χ3v) is 3.40. The summed E-state index contributed by atoms with van der Waals surface area (Å²) in [6.45, 7) is 0.0800. The van der Waals surface area contributed by atoms with Gasteiger partial charge in [0, 0.05) is 17.7 Å². The van der Waals surface area contributed by atoms with Gasteiger partial charge in [0.2, 0.25) is 5.82 Å². The second kappa shape index (κ2) is 6.07. The van der Waals surface area contributed by atoms with Crippen LogP contribution in [-0.4, -0.2) is 4.92 Å². The lowest BCUT2D eigenvalue weighted by Gasteiger charge is -2.08. The minimum atomic E-state index is -0.954. The van der Waals surface area contributed by atoms with Gasteiger partial charge in [-0.1, -0.05) is 35.3 Å². The van der Waals surface area contributed by atoms with Crippen LogP contribution >= 0.6 is 23.2 Å². The molecule has 4 nitrogen and oxygen atoms in total. The molecule has 0 unspecified atom stereocenters. The Morgan fingerprint density at radius 2 is 2.00 bits per heavy atom. The van der Waals surface area contributed by atoms with Crippen molar-refractivity contribution in [3.05, 3.63) is 67.9 Å². The van der Waals surface area contributed by atoms with Crippen molar-refractivity contribution in [3.63, 3.8) is 0 Å². The molecule has 2 rings (SSSR count). The van der Waals surface area contributed by atoms with Gasteiger partial charge in [-0.2, -0.15) is 4.39 Å². The van der Waals surface area contributed by atoms with E-state index in [2.05, 4.69) is 0 Å². The van der Waals surface area contributed by atoms with E-state index in [-0.39, 0.29) is 12.4 Å². The number of hydrogen-bond acceptors (Lipinski definition) is 3. The lowest BCUT2D eigenvalue weighted by Crippen LogP contribution is -1.98. The largest absolute Gasteiger partial charge is 0.489 e. The number of nitro benzene ring substituents is 1. The lowest BCUT2D eigenvalue weighted by atomic mass is 10.2. The maximum atomic E-state index is 13.4. The van der Waals surface area contributed by atoms with E-state index in [9.17, 15) is 14.5 Å². The van der Waals surface area contributed by atoms with Crippen LogP contribution in [0.2, 0.25) is 10.0 Å². The first-order valence-electron chi connectivity index (χ1n) is 5.48. The number of nitrogens with zero attached hydrogens (tertiary/aromatic N) is 1. The standard InChI is InChI=1S/C13H8Cl2FNO3/c14-10-3-1-2-8(13(10)15)7-20-9-4-5-12(17(18)19)11(16)6-9/h1-6H,7H2. The minimum absolute atomic E-state index is 0.0800. The van der Waals surface area contributed by atoms with E-state index in [4.69, 9.17) is 27.9 Å². The molecule has 0 aliphatic rings. The molecule has 0 aromatic heterocycles. The van der Waals surface area contributed by atoms with Crippen molar-refractivity contribution in [3.8, 4) is 5.75 Å². The molecule has 0 radical (unpaired) electrons. The molecule has 0 saturated heterocycles. The van der Waals surface area contributed by atoms with Gasteiger partial charge in [-0.3, -0.25) is 10.1 Å². The van der Waals surface area contributed by atoms with Crippen LogP contribution in [0.1, 0.15) is 5.56 Å². The Hall–Kier alpha value is -1.85. The zero-order valence-electron chi connectivity index (χ0n) is 9.98. The average molecular weight is 316 g/mol. The van der Waals surface area contributed by atoms with E-state index in [1.54, 1.807) is 18.2 Å². The van der Waals surface area contributed by atoms with Crippen molar-refractivity contribution in [2.45, 2.75) is 6.61 Å². The molecule has 2 aromatic rings. The molecular formula is C13H8Cl2FNO3. The first-order chi connectivity index (χ1) is 9.49. The Morgan fingerprint density at radius 1 is 1.25 bits per heavy atom. The van der Waals surface area contributed by atoms with Crippen LogP contribution in [-0.2, 0) is 6.61 Å². The first-order valence-corrected chi connectivity index (χ1v) is 6.24. The molecule has 20 heavy (non-hydrogen) atoms. The highest BCUT2D eigenvalue weighted by Crippen LogP contribution is 2.27. The maximum Gasteiger partial charge on any atom is 0.305 e. The van der Waals surface area contributed by atoms with Crippen molar-refractivity contribution in [1.82, 2.24) is 0 Å². The van der Waals surface area contributed by atoms with Crippen LogP contribution in [0.25, 0.3) is 0 Å². The molecule has 0 bridgehead atoms. The molecule has 0 saturated carbocycles. The first kappa shape index (κ1) is 14.6. The summed E-state index contributed by atoms with van der Waals surface area (Å²) in [7, 11) is 0. The van der Waals surface area contributed by atoms with Gasteiger partial charge < -0.3 is 4.74 Å². The van der Waals surface area contributed by atoms with Gasteiger partial charge in [-0.05, 0) is 12.1 Å². The molecule has 0 aliphatic heterocycles. The van der Waals surface area contributed by atoms with Crippen LogP contribution < -0.4 is 4.74 Å². The Morgan fingerprint density at radius 3 is 2.65 bits per heavy atom. The molecule has 0 N–H and O–H groups in total. The molecule has 2 aromatic carbocycles. The molecule has 0 spiro atoms. The fourth-order valence-electron chi connectivity index (χ4n) is 1.55. The predicted octanol–water partition coefficient (Wildman–Crippen LogP) is 4.62. The summed E-state index contributed by atoms with van der Waals surface area (Å²) in [4.78, 5) is 9.69. The number of halogens is 3. The van der Waals surface area contributed by atoms with Gasteiger partial charge >= 0.3 is 5.69 Å². The highest BCUT2D eigenvalue weighted by atomic mass is 35.5. The van der Waals surface area contributed by atoms with E-state index in [1.807, 2.05) is 0 Å². The zero-order chi connectivity index (χ0) is 14.7. The number of nitro groups is 1. The fourth-order valence-corrected chi connectivity index (χ4v) is 1.92.